The predicted molar refractivity (Wildman–Crippen MR) is 157 cm³/mol. The molecular formula is C34H26O7. The van der Waals surface area contributed by atoms with Gasteiger partial charge in [-0.2, -0.15) is 0 Å². The zero-order valence-electron chi connectivity index (χ0n) is 22.7. The van der Waals surface area contributed by atoms with Crippen LogP contribution in [0.1, 0.15) is 23.0 Å². The van der Waals surface area contributed by atoms with Gasteiger partial charge in [0.2, 0.25) is 5.43 Å². The zero-order valence-corrected chi connectivity index (χ0v) is 22.7. The molecular weight excluding hydrogens is 520 g/mol. The first-order valence-corrected chi connectivity index (χ1v) is 13.2. The molecule has 2 heterocycles. The molecule has 2 aromatic heterocycles. The van der Waals surface area contributed by atoms with Crippen molar-refractivity contribution in [3.05, 3.63) is 113 Å². The van der Waals surface area contributed by atoms with Gasteiger partial charge in [0.05, 0.1) is 24.7 Å². The maximum absolute atomic E-state index is 13.7. The topological polar surface area (TPSA) is 88.1 Å². The number of methoxy groups -OCH3 is 1. The van der Waals surface area contributed by atoms with Gasteiger partial charge in [-0.25, -0.2) is 4.79 Å². The van der Waals surface area contributed by atoms with E-state index in [0.717, 1.165) is 5.56 Å². The van der Waals surface area contributed by atoms with E-state index in [9.17, 15) is 9.59 Å². The van der Waals surface area contributed by atoms with E-state index in [1.54, 1.807) is 56.5 Å². The van der Waals surface area contributed by atoms with Crippen LogP contribution in [0.2, 0.25) is 0 Å². The predicted octanol–water partition coefficient (Wildman–Crippen LogP) is 7.81. The van der Waals surface area contributed by atoms with Crippen LogP contribution < -0.4 is 19.6 Å². The highest BCUT2D eigenvalue weighted by Gasteiger charge is 2.25. The van der Waals surface area contributed by atoms with E-state index in [2.05, 4.69) is 0 Å². The van der Waals surface area contributed by atoms with Crippen LogP contribution in [0, 0.1) is 6.92 Å². The van der Waals surface area contributed by atoms with Crippen LogP contribution in [0.4, 0.5) is 0 Å². The molecule has 0 atom stereocenters. The highest BCUT2D eigenvalue weighted by Crippen LogP contribution is 2.37. The number of ether oxygens (including phenoxy) is 3. The number of aryl methyl sites for hydroxylation is 1. The summed E-state index contributed by atoms with van der Waals surface area (Å²) in [5.74, 6) is 1.62. The van der Waals surface area contributed by atoms with E-state index in [0.29, 0.717) is 62.7 Å². The number of furan rings is 1. The Morgan fingerprint density at radius 3 is 2.34 bits per heavy atom. The van der Waals surface area contributed by atoms with Crippen molar-refractivity contribution < 1.29 is 27.8 Å². The minimum absolute atomic E-state index is 0.207. The van der Waals surface area contributed by atoms with Crippen LogP contribution in [0.3, 0.4) is 0 Å². The van der Waals surface area contributed by atoms with Crippen LogP contribution in [-0.4, -0.2) is 19.7 Å². The lowest BCUT2D eigenvalue weighted by Gasteiger charge is -2.11. The molecule has 6 aromatic rings. The van der Waals surface area contributed by atoms with Crippen LogP contribution >= 0.6 is 0 Å². The summed E-state index contributed by atoms with van der Waals surface area (Å²) < 4.78 is 29.2. The van der Waals surface area contributed by atoms with Crippen molar-refractivity contribution in [1.82, 2.24) is 0 Å². The van der Waals surface area contributed by atoms with E-state index in [1.807, 2.05) is 55.5 Å². The smallest absolute Gasteiger partial charge is 0.348 e. The molecule has 0 aliphatic heterocycles. The van der Waals surface area contributed by atoms with Crippen LogP contribution in [0.25, 0.3) is 44.4 Å². The quantitative estimate of drug-likeness (QED) is 0.149. The number of carbonyl (C=O) groups is 1. The molecule has 204 valence electrons. The molecule has 0 saturated carbocycles. The lowest BCUT2D eigenvalue weighted by molar-refractivity contribution is 0.0737. The maximum atomic E-state index is 13.7. The SMILES string of the molecule is CCOc1ccc2oc(-c3ccccc3)c(C(=O)Oc3ccc4c(=O)c(-c5ccccc5OC)c(C)oc4c3)c2c1. The number of rotatable bonds is 7. The minimum atomic E-state index is -0.611. The fourth-order valence-corrected chi connectivity index (χ4v) is 5.00. The summed E-state index contributed by atoms with van der Waals surface area (Å²) in [6.07, 6.45) is 0. The van der Waals surface area contributed by atoms with Crippen LogP contribution in [0.15, 0.2) is 105 Å². The first-order chi connectivity index (χ1) is 20.0. The lowest BCUT2D eigenvalue weighted by Crippen LogP contribution is -2.11. The molecule has 7 heteroatoms. The number of hydrogen-bond donors (Lipinski definition) is 0. The van der Waals surface area contributed by atoms with E-state index >= 15 is 0 Å². The molecule has 0 spiro atoms. The number of hydrogen-bond acceptors (Lipinski definition) is 7. The number of esters is 1. The molecule has 0 fully saturated rings. The zero-order chi connectivity index (χ0) is 28.5. The van der Waals surface area contributed by atoms with Crippen LogP contribution in [-0.2, 0) is 0 Å². The van der Waals surface area contributed by atoms with Gasteiger partial charge < -0.3 is 23.0 Å². The summed E-state index contributed by atoms with van der Waals surface area (Å²) in [6, 6.07) is 26.7. The highest BCUT2D eigenvalue weighted by atomic mass is 16.5. The minimum Gasteiger partial charge on any atom is -0.496 e. The molecule has 7 nitrogen and oxygen atoms in total. The number of benzene rings is 4. The molecule has 0 amide bonds. The average Bonchev–Trinajstić information content (AvgIpc) is 3.37. The Bertz CT molecular complexity index is 1970. The summed E-state index contributed by atoms with van der Waals surface area (Å²) in [5.41, 5.74) is 2.70. The Morgan fingerprint density at radius 1 is 0.805 bits per heavy atom. The van der Waals surface area contributed by atoms with E-state index in [-0.39, 0.29) is 16.7 Å². The van der Waals surface area contributed by atoms with Gasteiger partial charge in [0, 0.05) is 22.6 Å². The standard InChI is InChI=1S/C34H26O7/c1-4-38-22-15-17-28-26(18-22)31(33(41-28)21-10-6-5-7-11-21)34(36)40-23-14-16-25-29(19-23)39-20(2)30(32(25)35)24-12-8-9-13-27(24)37-3/h5-19H,4H2,1-3H3. The molecule has 0 aliphatic carbocycles. The second-order valence-corrected chi connectivity index (χ2v) is 9.37. The van der Waals surface area contributed by atoms with Crippen molar-refractivity contribution in [3.63, 3.8) is 0 Å². The van der Waals surface area contributed by atoms with E-state index < -0.39 is 5.97 Å². The largest absolute Gasteiger partial charge is 0.496 e. The number of fused-ring (bicyclic) bond motifs is 2. The van der Waals surface area contributed by atoms with Crippen molar-refractivity contribution >= 4 is 27.9 Å². The van der Waals surface area contributed by atoms with Gasteiger partial charge >= 0.3 is 5.97 Å². The van der Waals surface area contributed by atoms with Crippen molar-refractivity contribution in [3.8, 4) is 39.7 Å². The highest BCUT2D eigenvalue weighted by molar-refractivity contribution is 6.10. The van der Waals surface area contributed by atoms with Crippen molar-refractivity contribution in [2.24, 2.45) is 0 Å². The number of carbonyl (C=O) groups excluding carboxylic acids is 1. The van der Waals surface area contributed by atoms with E-state index in [1.165, 1.54) is 0 Å². The maximum Gasteiger partial charge on any atom is 0.348 e. The fraction of sp³-hybridized carbons (Fsp3) is 0.118. The first-order valence-electron chi connectivity index (χ1n) is 13.2. The number of para-hydroxylation sites is 1. The van der Waals surface area contributed by atoms with Gasteiger partial charge in [-0.3, -0.25) is 4.79 Å². The Morgan fingerprint density at radius 2 is 1.56 bits per heavy atom. The van der Waals surface area contributed by atoms with Crippen molar-refractivity contribution in [2.45, 2.75) is 13.8 Å². The van der Waals surface area contributed by atoms with Gasteiger partial charge in [-0.15, -0.1) is 0 Å². The molecule has 0 radical (unpaired) electrons. The third-order valence-corrected chi connectivity index (χ3v) is 6.84. The Kier molecular flexibility index (Phi) is 6.77. The van der Waals surface area contributed by atoms with Gasteiger partial charge in [0.15, 0.2) is 0 Å². The average molecular weight is 547 g/mol. The fourth-order valence-electron chi connectivity index (χ4n) is 5.00. The Balaban J connectivity index is 1.42. The molecule has 0 aliphatic rings. The van der Waals surface area contributed by atoms with Crippen molar-refractivity contribution in [1.29, 1.82) is 0 Å². The summed E-state index contributed by atoms with van der Waals surface area (Å²) in [6.45, 7) is 4.10. The monoisotopic (exact) mass is 546 g/mol. The third-order valence-electron chi connectivity index (χ3n) is 6.84. The second kappa shape index (κ2) is 10.7. The summed E-state index contributed by atoms with van der Waals surface area (Å²) in [5, 5.41) is 0.931. The van der Waals surface area contributed by atoms with Gasteiger partial charge in [-0.05, 0) is 50.2 Å². The molecule has 0 N–H and O–H groups in total. The Labute approximate surface area is 235 Å². The summed E-state index contributed by atoms with van der Waals surface area (Å²) in [4.78, 5) is 27.2. The second-order valence-electron chi connectivity index (χ2n) is 9.37. The molecule has 0 saturated heterocycles. The van der Waals surface area contributed by atoms with Gasteiger partial charge in [0.1, 0.15) is 45.5 Å². The molecule has 0 bridgehead atoms. The Hall–Kier alpha value is -5.30. The normalized spacial score (nSPS) is 11.1. The summed E-state index contributed by atoms with van der Waals surface area (Å²) in [7, 11) is 1.56. The molecule has 6 rings (SSSR count). The van der Waals surface area contributed by atoms with Gasteiger partial charge in [0.25, 0.3) is 0 Å². The summed E-state index contributed by atoms with van der Waals surface area (Å²) >= 11 is 0. The third kappa shape index (κ3) is 4.72. The molecule has 41 heavy (non-hydrogen) atoms. The molecule has 4 aromatic carbocycles. The van der Waals surface area contributed by atoms with Crippen LogP contribution in [0.5, 0.6) is 17.2 Å². The molecule has 0 unspecified atom stereocenters. The van der Waals surface area contributed by atoms with Crippen molar-refractivity contribution in [2.75, 3.05) is 13.7 Å². The lowest BCUT2D eigenvalue weighted by atomic mass is 10.0. The van der Waals surface area contributed by atoms with Gasteiger partial charge in [-0.1, -0.05) is 48.5 Å². The first kappa shape index (κ1) is 26.0. The van der Waals surface area contributed by atoms with E-state index in [4.69, 9.17) is 23.0 Å².